The molecule has 1 aliphatic heterocycles. The van der Waals surface area contributed by atoms with Crippen molar-refractivity contribution in [2.75, 3.05) is 6.54 Å². The van der Waals surface area contributed by atoms with Gasteiger partial charge in [0.2, 0.25) is 0 Å². The van der Waals surface area contributed by atoms with Crippen LogP contribution in [0.1, 0.15) is 11.3 Å². The molecule has 0 radical (unpaired) electrons. The highest BCUT2D eigenvalue weighted by atomic mass is 19.1. The molecule has 4 nitrogen and oxygen atoms in total. The summed E-state index contributed by atoms with van der Waals surface area (Å²) >= 11 is 0. The molecule has 0 unspecified atom stereocenters. The Hall–Kier alpha value is -2.60. The Labute approximate surface area is 138 Å². The van der Waals surface area contributed by atoms with E-state index in [2.05, 4.69) is 15.0 Å². The Morgan fingerprint density at radius 1 is 0.917 bits per heavy atom. The van der Waals surface area contributed by atoms with Crippen LogP contribution < -0.4 is 0 Å². The zero-order valence-corrected chi connectivity index (χ0v) is 13.0. The Kier molecular flexibility index (Phi) is 3.82. The first-order valence-electron chi connectivity index (χ1n) is 7.83. The van der Waals surface area contributed by atoms with E-state index in [-0.39, 0.29) is 11.6 Å². The van der Waals surface area contributed by atoms with Crippen LogP contribution in [0.5, 0.6) is 0 Å². The molecule has 4 rings (SSSR count). The smallest absolute Gasteiger partial charge is 0.141 e. The first-order valence-corrected chi connectivity index (χ1v) is 7.83. The van der Waals surface area contributed by atoms with E-state index in [4.69, 9.17) is 0 Å². The molecule has 6 heteroatoms. The van der Waals surface area contributed by atoms with Gasteiger partial charge < -0.3 is 0 Å². The maximum atomic E-state index is 13.0. The minimum atomic E-state index is -0.354. The highest BCUT2D eigenvalue weighted by Crippen LogP contribution is 2.21. The molecule has 24 heavy (non-hydrogen) atoms. The van der Waals surface area contributed by atoms with Crippen LogP contribution in [-0.4, -0.2) is 26.2 Å². The summed E-state index contributed by atoms with van der Waals surface area (Å²) in [5, 5.41) is 4.56. The van der Waals surface area contributed by atoms with Crippen molar-refractivity contribution in [3.8, 4) is 11.4 Å². The van der Waals surface area contributed by atoms with Crippen LogP contribution in [-0.2, 0) is 19.6 Å². The van der Waals surface area contributed by atoms with E-state index >= 15 is 0 Å². The van der Waals surface area contributed by atoms with Gasteiger partial charge in [0.05, 0.1) is 24.1 Å². The summed E-state index contributed by atoms with van der Waals surface area (Å²) in [7, 11) is 0. The first-order chi connectivity index (χ1) is 11.7. The summed E-state index contributed by atoms with van der Waals surface area (Å²) in [6.07, 6.45) is 1.20. The molecule has 0 saturated carbocycles. The second kappa shape index (κ2) is 6.13. The van der Waals surface area contributed by atoms with Gasteiger partial charge in [0.1, 0.15) is 17.3 Å². The molecule has 0 N–H and O–H groups in total. The first kappa shape index (κ1) is 15.0. The summed E-state index contributed by atoms with van der Waals surface area (Å²) in [6, 6.07) is 11.6. The fourth-order valence-corrected chi connectivity index (χ4v) is 2.96. The quantitative estimate of drug-likeness (QED) is 0.741. The molecule has 0 atom stereocenters. The molecule has 0 aliphatic carbocycles. The average molecular weight is 326 g/mol. The van der Waals surface area contributed by atoms with Crippen molar-refractivity contribution >= 4 is 0 Å². The number of benzene rings is 1. The van der Waals surface area contributed by atoms with Gasteiger partial charge in [0.15, 0.2) is 0 Å². The molecule has 2 aromatic heterocycles. The molecule has 1 aromatic carbocycles. The number of fused-ring (bicyclic) bond motifs is 1. The Balaban J connectivity index is 1.50. The van der Waals surface area contributed by atoms with E-state index in [9.17, 15) is 8.78 Å². The van der Waals surface area contributed by atoms with Crippen LogP contribution >= 0.6 is 0 Å². The lowest BCUT2D eigenvalue weighted by Gasteiger charge is -2.27. The SMILES string of the molecule is Fc1ccc(CN2CCn3nc(-c4ccc(F)cn4)cc3C2)cc1. The van der Waals surface area contributed by atoms with Crippen LogP contribution in [0.15, 0.2) is 48.7 Å². The Morgan fingerprint density at radius 2 is 1.71 bits per heavy atom. The summed E-state index contributed by atoms with van der Waals surface area (Å²) in [5.41, 5.74) is 3.62. The second-order valence-corrected chi connectivity index (χ2v) is 5.94. The van der Waals surface area contributed by atoms with Gasteiger partial charge in [0, 0.05) is 19.6 Å². The molecular weight excluding hydrogens is 310 g/mol. The third kappa shape index (κ3) is 3.05. The molecule has 122 valence electrons. The number of aromatic nitrogens is 3. The second-order valence-electron chi connectivity index (χ2n) is 5.94. The highest BCUT2D eigenvalue weighted by Gasteiger charge is 2.19. The van der Waals surface area contributed by atoms with Gasteiger partial charge in [0.25, 0.3) is 0 Å². The predicted molar refractivity (Wildman–Crippen MR) is 85.9 cm³/mol. The number of nitrogens with zero attached hydrogens (tertiary/aromatic N) is 4. The molecule has 3 heterocycles. The van der Waals surface area contributed by atoms with Crippen molar-refractivity contribution in [2.24, 2.45) is 0 Å². The Bertz CT molecular complexity index is 840. The van der Waals surface area contributed by atoms with E-state index in [1.54, 1.807) is 6.07 Å². The van der Waals surface area contributed by atoms with Crippen molar-refractivity contribution in [2.45, 2.75) is 19.6 Å². The van der Waals surface area contributed by atoms with Gasteiger partial charge in [-0.15, -0.1) is 0 Å². The molecule has 0 bridgehead atoms. The number of hydrogen-bond acceptors (Lipinski definition) is 3. The lowest BCUT2D eigenvalue weighted by molar-refractivity contribution is 0.205. The van der Waals surface area contributed by atoms with Crippen LogP contribution in [0.25, 0.3) is 11.4 Å². The zero-order chi connectivity index (χ0) is 16.5. The van der Waals surface area contributed by atoms with Crippen molar-refractivity contribution in [3.63, 3.8) is 0 Å². The Morgan fingerprint density at radius 3 is 2.46 bits per heavy atom. The van der Waals surface area contributed by atoms with Crippen LogP contribution in [0.2, 0.25) is 0 Å². The summed E-state index contributed by atoms with van der Waals surface area (Å²) < 4.78 is 28.0. The summed E-state index contributed by atoms with van der Waals surface area (Å²) in [6.45, 7) is 3.21. The van der Waals surface area contributed by atoms with E-state index in [0.717, 1.165) is 43.1 Å². The van der Waals surface area contributed by atoms with Gasteiger partial charge in [-0.05, 0) is 35.9 Å². The monoisotopic (exact) mass is 326 g/mol. The lowest BCUT2D eigenvalue weighted by atomic mass is 10.2. The lowest BCUT2D eigenvalue weighted by Crippen LogP contribution is -2.33. The van der Waals surface area contributed by atoms with Gasteiger partial charge >= 0.3 is 0 Å². The topological polar surface area (TPSA) is 34.0 Å². The minimum absolute atomic E-state index is 0.216. The molecule has 0 amide bonds. The van der Waals surface area contributed by atoms with E-state index in [0.29, 0.717) is 5.69 Å². The van der Waals surface area contributed by atoms with E-state index in [1.807, 2.05) is 22.9 Å². The molecule has 0 saturated heterocycles. The standard InChI is InChI=1S/C18H16F2N4/c19-14-3-1-13(2-4-14)11-23-7-8-24-16(12-23)9-18(22-24)17-6-5-15(20)10-21-17/h1-6,9-10H,7-8,11-12H2. The number of hydrogen-bond donors (Lipinski definition) is 0. The molecule has 0 fully saturated rings. The molecule has 3 aromatic rings. The third-order valence-electron chi connectivity index (χ3n) is 4.19. The maximum Gasteiger partial charge on any atom is 0.141 e. The molecule has 0 spiro atoms. The number of pyridine rings is 1. The number of halogens is 2. The van der Waals surface area contributed by atoms with E-state index in [1.165, 1.54) is 24.4 Å². The molecular formula is C18H16F2N4. The van der Waals surface area contributed by atoms with E-state index < -0.39 is 0 Å². The minimum Gasteiger partial charge on any atom is -0.291 e. The summed E-state index contributed by atoms with van der Waals surface area (Å²) in [5.74, 6) is -0.569. The maximum absolute atomic E-state index is 13.0. The van der Waals surface area contributed by atoms with Crippen molar-refractivity contribution in [3.05, 3.63) is 71.6 Å². The van der Waals surface area contributed by atoms with Gasteiger partial charge in [-0.25, -0.2) is 8.78 Å². The fourth-order valence-electron chi connectivity index (χ4n) is 2.96. The highest BCUT2D eigenvalue weighted by molar-refractivity contribution is 5.54. The van der Waals surface area contributed by atoms with Crippen LogP contribution in [0, 0.1) is 11.6 Å². The van der Waals surface area contributed by atoms with Gasteiger partial charge in [-0.1, -0.05) is 12.1 Å². The van der Waals surface area contributed by atoms with Crippen molar-refractivity contribution in [1.29, 1.82) is 0 Å². The fraction of sp³-hybridized carbons (Fsp3) is 0.222. The third-order valence-corrected chi connectivity index (χ3v) is 4.19. The van der Waals surface area contributed by atoms with Crippen LogP contribution in [0.3, 0.4) is 0 Å². The predicted octanol–water partition coefficient (Wildman–Crippen LogP) is 3.24. The number of rotatable bonds is 3. The largest absolute Gasteiger partial charge is 0.291 e. The van der Waals surface area contributed by atoms with Crippen molar-refractivity contribution < 1.29 is 8.78 Å². The van der Waals surface area contributed by atoms with Gasteiger partial charge in [-0.2, -0.15) is 5.10 Å². The van der Waals surface area contributed by atoms with Gasteiger partial charge in [-0.3, -0.25) is 14.6 Å². The average Bonchev–Trinajstić information content (AvgIpc) is 3.01. The summed E-state index contributed by atoms with van der Waals surface area (Å²) in [4.78, 5) is 6.38. The normalized spacial score (nSPS) is 14.6. The molecule has 1 aliphatic rings. The zero-order valence-electron chi connectivity index (χ0n) is 13.0. The van der Waals surface area contributed by atoms with Crippen LogP contribution in [0.4, 0.5) is 8.78 Å². The van der Waals surface area contributed by atoms with Crippen molar-refractivity contribution in [1.82, 2.24) is 19.7 Å².